The Morgan fingerprint density at radius 1 is 1.13 bits per heavy atom. The maximum atomic E-state index is 16.1. The topological polar surface area (TPSA) is 30.1 Å². The van der Waals surface area contributed by atoms with Crippen LogP contribution in [-0.2, 0) is 6.42 Å². The summed E-state index contributed by atoms with van der Waals surface area (Å²) >= 11 is 0. The molecule has 158 valence electrons. The number of allylic oxidation sites excluding steroid dienone is 2. The van der Waals surface area contributed by atoms with Crippen LogP contribution in [0.1, 0.15) is 62.3 Å². The zero-order valence-electron chi connectivity index (χ0n) is 18.7. The highest BCUT2D eigenvalue weighted by Gasteiger charge is 2.56. The molecule has 4 heterocycles. The zero-order valence-corrected chi connectivity index (χ0v) is 18.7. The highest BCUT2D eigenvalue weighted by atomic mass is 19.2. The SMILES string of the molecule is CCC1=C(C)C2=C(c3cc(OC)ccn3)c3c(C)c(CC)c(C)n3[B-](F)(F)[N+]2=C1C. The number of nitrogens with zero attached hydrogens (tertiary/aromatic N) is 3. The summed E-state index contributed by atoms with van der Waals surface area (Å²) in [7, 11) is 1.60. The first-order valence-electron chi connectivity index (χ1n) is 10.5. The fourth-order valence-corrected chi connectivity index (χ4v) is 5.40. The van der Waals surface area contributed by atoms with Crippen LogP contribution in [0.25, 0.3) is 5.57 Å². The molecule has 0 unspecified atom stereocenters. The van der Waals surface area contributed by atoms with Crippen molar-refractivity contribution in [3.8, 4) is 5.75 Å². The van der Waals surface area contributed by atoms with Gasteiger partial charge in [0.25, 0.3) is 0 Å². The van der Waals surface area contributed by atoms with Crippen molar-refractivity contribution in [3.05, 3.63) is 63.4 Å². The van der Waals surface area contributed by atoms with Crippen LogP contribution in [0.4, 0.5) is 8.63 Å². The molecule has 0 bridgehead atoms. The molecular formula is C23H28BF2N3O. The van der Waals surface area contributed by atoms with Gasteiger partial charge in [0, 0.05) is 36.0 Å². The van der Waals surface area contributed by atoms with Gasteiger partial charge in [-0.3, -0.25) is 4.98 Å². The third-order valence-corrected chi connectivity index (χ3v) is 6.72. The highest BCUT2D eigenvalue weighted by Crippen LogP contribution is 2.46. The maximum absolute atomic E-state index is 16.1. The van der Waals surface area contributed by atoms with E-state index in [9.17, 15) is 0 Å². The number of rotatable bonds is 4. The highest BCUT2D eigenvalue weighted by molar-refractivity contribution is 6.58. The average Bonchev–Trinajstić information content (AvgIpc) is 3.13. The number of hydrogen-bond donors (Lipinski definition) is 0. The van der Waals surface area contributed by atoms with Crippen molar-refractivity contribution in [1.29, 1.82) is 0 Å². The van der Waals surface area contributed by atoms with Gasteiger partial charge < -0.3 is 22.3 Å². The monoisotopic (exact) mass is 411 g/mol. The molecule has 0 aliphatic carbocycles. The Balaban J connectivity index is 2.22. The second-order valence-electron chi connectivity index (χ2n) is 8.07. The van der Waals surface area contributed by atoms with Gasteiger partial charge in [0.15, 0.2) is 5.70 Å². The first kappa shape index (κ1) is 20.6. The molecular weight excluding hydrogens is 383 g/mol. The summed E-state index contributed by atoms with van der Waals surface area (Å²) in [4.78, 5) is 4.59. The number of aromatic nitrogens is 2. The van der Waals surface area contributed by atoms with Crippen molar-refractivity contribution in [2.75, 3.05) is 7.11 Å². The molecule has 0 atom stereocenters. The van der Waals surface area contributed by atoms with Crippen LogP contribution < -0.4 is 4.74 Å². The largest absolute Gasteiger partial charge is 0.737 e. The van der Waals surface area contributed by atoms with Crippen molar-refractivity contribution in [3.63, 3.8) is 0 Å². The van der Waals surface area contributed by atoms with E-state index < -0.39 is 6.97 Å². The van der Waals surface area contributed by atoms with Crippen molar-refractivity contribution >= 4 is 18.3 Å². The quantitative estimate of drug-likeness (QED) is 0.641. The Morgan fingerprint density at radius 2 is 1.83 bits per heavy atom. The Kier molecular flexibility index (Phi) is 4.75. The molecule has 4 rings (SSSR count). The summed E-state index contributed by atoms with van der Waals surface area (Å²) in [6, 6.07) is 3.61. The number of ether oxygens (including phenoxy) is 1. The molecule has 0 amide bonds. The Bertz CT molecular complexity index is 1170. The molecule has 2 aromatic heterocycles. The first-order chi connectivity index (χ1) is 14.2. The predicted octanol–water partition coefficient (Wildman–Crippen LogP) is 5.28. The molecule has 0 saturated carbocycles. The van der Waals surface area contributed by atoms with E-state index in [1.165, 1.54) is 8.96 Å². The van der Waals surface area contributed by atoms with Gasteiger partial charge in [-0.15, -0.1) is 0 Å². The van der Waals surface area contributed by atoms with Crippen molar-refractivity contribution < 1.29 is 17.9 Å². The van der Waals surface area contributed by atoms with E-state index in [0.29, 0.717) is 47.1 Å². The lowest BCUT2D eigenvalue weighted by Crippen LogP contribution is -2.51. The van der Waals surface area contributed by atoms with Gasteiger partial charge in [-0.2, -0.15) is 0 Å². The summed E-state index contributed by atoms with van der Waals surface area (Å²) in [6.45, 7) is 7.52. The Labute approximate surface area is 176 Å². The first-order valence-corrected chi connectivity index (χ1v) is 10.5. The average molecular weight is 411 g/mol. The molecule has 0 spiro atoms. The summed E-state index contributed by atoms with van der Waals surface area (Å²) in [5, 5.41) is 0. The zero-order chi connectivity index (χ0) is 22.0. The third kappa shape index (κ3) is 2.50. The van der Waals surface area contributed by atoms with E-state index in [4.69, 9.17) is 4.74 Å². The molecule has 4 nitrogen and oxygen atoms in total. The van der Waals surface area contributed by atoms with Gasteiger partial charge in [0.1, 0.15) is 11.5 Å². The minimum Gasteiger partial charge on any atom is -0.497 e. The number of fused-ring (bicyclic) bond motifs is 2. The molecule has 7 heteroatoms. The fourth-order valence-electron chi connectivity index (χ4n) is 5.40. The van der Waals surface area contributed by atoms with Gasteiger partial charge in [-0.25, -0.2) is 0 Å². The van der Waals surface area contributed by atoms with Gasteiger partial charge in [-0.05, 0) is 56.5 Å². The van der Waals surface area contributed by atoms with Gasteiger partial charge in [0.05, 0.1) is 18.4 Å². The van der Waals surface area contributed by atoms with E-state index in [1.54, 1.807) is 33.2 Å². The molecule has 2 aliphatic heterocycles. The number of hydrogen-bond acceptors (Lipinski definition) is 2. The van der Waals surface area contributed by atoms with E-state index in [1.807, 2.05) is 33.8 Å². The van der Waals surface area contributed by atoms with Gasteiger partial charge in [-0.1, -0.05) is 13.8 Å². The number of halogens is 2. The van der Waals surface area contributed by atoms with Crippen LogP contribution in [0, 0.1) is 13.8 Å². The van der Waals surface area contributed by atoms with Crippen LogP contribution in [0.2, 0.25) is 0 Å². The van der Waals surface area contributed by atoms with E-state index in [-0.39, 0.29) is 0 Å². The maximum Gasteiger partial charge on any atom is 0.737 e. The Morgan fingerprint density at radius 3 is 2.43 bits per heavy atom. The molecule has 0 fully saturated rings. The number of methoxy groups -OCH3 is 1. The van der Waals surface area contributed by atoms with Crippen LogP contribution in [0.15, 0.2) is 35.2 Å². The molecule has 30 heavy (non-hydrogen) atoms. The minimum absolute atomic E-state index is 0.575. The molecule has 2 aliphatic rings. The van der Waals surface area contributed by atoms with Crippen molar-refractivity contribution in [2.45, 2.75) is 54.4 Å². The molecule has 0 aromatic carbocycles. The standard InChI is InChI=1S/C23H28BF2N3O/c1-8-18-13(3)22-21(20-12-17(30-7)10-11-27-20)23-14(4)19(9-2)16(6)29(23)24(25,26)28(22)15(18)5/h10-12H,8-9H2,1-7H3. The van der Waals surface area contributed by atoms with E-state index in [0.717, 1.165) is 27.8 Å². The fraction of sp³-hybridized carbons (Fsp3) is 0.391. The Hall–Kier alpha value is -2.70. The summed E-state index contributed by atoms with van der Waals surface area (Å²) < 4.78 is 40.2. The lowest BCUT2D eigenvalue weighted by Gasteiger charge is -2.33. The predicted molar refractivity (Wildman–Crippen MR) is 117 cm³/mol. The number of pyridine rings is 1. The van der Waals surface area contributed by atoms with Crippen LogP contribution >= 0.6 is 0 Å². The van der Waals surface area contributed by atoms with Gasteiger partial charge >= 0.3 is 6.97 Å². The van der Waals surface area contributed by atoms with E-state index >= 15 is 8.63 Å². The van der Waals surface area contributed by atoms with Crippen molar-refractivity contribution in [2.24, 2.45) is 0 Å². The van der Waals surface area contributed by atoms with Crippen molar-refractivity contribution in [1.82, 2.24) is 9.46 Å². The summed E-state index contributed by atoms with van der Waals surface area (Å²) in [5.41, 5.74) is 7.56. The summed E-state index contributed by atoms with van der Waals surface area (Å²) in [5.74, 6) is 0.654. The van der Waals surface area contributed by atoms with Crippen LogP contribution in [0.3, 0.4) is 0 Å². The summed E-state index contributed by atoms with van der Waals surface area (Å²) in [6.07, 6.45) is 3.08. The van der Waals surface area contributed by atoms with E-state index in [2.05, 4.69) is 4.98 Å². The molecule has 0 saturated heterocycles. The normalized spacial score (nSPS) is 17.6. The lowest BCUT2D eigenvalue weighted by atomic mass is 9.85. The smallest absolute Gasteiger partial charge is 0.497 e. The second-order valence-corrected chi connectivity index (χ2v) is 8.07. The lowest BCUT2D eigenvalue weighted by molar-refractivity contribution is -0.363. The molecule has 2 aromatic rings. The molecule has 0 N–H and O–H groups in total. The molecule has 0 radical (unpaired) electrons. The third-order valence-electron chi connectivity index (χ3n) is 6.72. The second kappa shape index (κ2) is 6.93. The van der Waals surface area contributed by atoms with Crippen LogP contribution in [-0.4, -0.2) is 33.7 Å². The van der Waals surface area contributed by atoms with Gasteiger partial charge in [0.2, 0.25) is 0 Å². The minimum atomic E-state index is -4.02. The van der Waals surface area contributed by atoms with Crippen LogP contribution in [0.5, 0.6) is 5.75 Å².